The van der Waals surface area contributed by atoms with Crippen molar-refractivity contribution in [2.45, 2.75) is 140 Å². The molecule has 1 aliphatic rings. The summed E-state index contributed by atoms with van der Waals surface area (Å²) in [5, 5.41) is 0. The zero-order valence-electron chi connectivity index (χ0n) is 26.5. The Kier molecular flexibility index (Phi) is 18.2. The summed E-state index contributed by atoms with van der Waals surface area (Å²) >= 11 is 15.4. The highest BCUT2D eigenvalue weighted by atomic mass is 35.5. The third-order valence-corrected chi connectivity index (χ3v) is 10.2. The van der Waals surface area contributed by atoms with E-state index in [0.717, 1.165) is 22.1 Å². The monoisotopic (exact) mass is 572 g/mol. The lowest BCUT2D eigenvalue weighted by molar-refractivity contribution is -0.918. The summed E-state index contributed by atoms with van der Waals surface area (Å²) in [6, 6.07) is 0. The Hall–Kier alpha value is -0.0200. The molecule has 0 bridgehead atoms. The lowest BCUT2D eigenvalue weighted by Crippen LogP contribution is -2.65. The standard InChI is InChI=1S/C34H66Cl2N2/c1-7-11-15-21-27-37(5,28-22-16-12-8-2)31-33(35)25-19-20-26-34(33,36)32-38(6,29-23-17-13-9-3)30-24-18-14-10-4/h19-20,25-26H,7-18,21-24,27-32H2,1-6H3/q+2. The second-order valence-electron chi connectivity index (χ2n) is 13.1. The zero-order chi connectivity index (χ0) is 28.4. The molecule has 38 heavy (non-hydrogen) atoms. The van der Waals surface area contributed by atoms with Gasteiger partial charge in [-0.05, 0) is 51.4 Å². The molecule has 0 fully saturated rings. The van der Waals surface area contributed by atoms with E-state index >= 15 is 0 Å². The SMILES string of the molecule is CCCCCC[N+](C)(CCCCCC)CC1(Cl)C=CC=CC1(Cl)C[N+](C)(CCCCCC)CCCCCC. The number of unbranched alkanes of at least 4 members (excludes halogenated alkanes) is 12. The maximum absolute atomic E-state index is 7.72. The van der Waals surface area contributed by atoms with Crippen molar-refractivity contribution in [1.82, 2.24) is 0 Å². The summed E-state index contributed by atoms with van der Waals surface area (Å²) in [7, 11) is 4.91. The van der Waals surface area contributed by atoms with Gasteiger partial charge in [0.2, 0.25) is 0 Å². The van der Waals surface area contributed by atoms with Crippen LogP contribution in [0.25, 0.3) is 0 Å². The van der Waals surface area contributed by atoms with Crippen LogP contribution in [0.15, 0.2) is 24.3 Å². The summed E-state index contributed by atoms with van der Waals surface area (Å²) in [5.74, 6) is 0. The molecule has 1 aliphatic carbocycles. The van der Waals surface area contributed by atoms with Gasteiger partial charge in [0.15, 0.2) is 0 Å². The Morgan fingerprint density at radius 1 is 0.447 bits per heavy atom. The number of hydrogen-bond donors (Lipinski definition) is 0. The molecule has 1 rings (SSSR count). The van der Waals surface area contributed by atoms with Gasteiger partial charge in [-0.3, -0.25) is 0 Å². The molecule has 0 amide bonds. The van der Waals surface area contributed by atoms with Crippen molar-refractivity contribution in [3.63, 3.8) is 0 Å². The van der Waals surface area contributed by atoms with Gasteiger partial charge in [-0.1, -0.05) is 103 Å². The largest absolute Gasteiger partial charge is 0.324 e. The predicted octanol–water partition coefficient (Wildman–Crippen LogP) is 10.3. The summed E-state index contributed by atoms with van der Waals surface area (Å²) in [6.07, 6.45) is 29.6. The van der Waals surface area contributed by atoms with E-state index in [1.807, 2.05) is 0 Å². The predicted molar refractivity (Wildman–Crippen MR) is 174 cm³/mol. The number of allylic oxidation sites excluding steroid dienone is 2. The molecule has 0 saturated carbocycles. The first-order valence-electron chi connectivity index (χ1n) is 16.5. The van der Waals surface area contributed by atoms with E-state index < -0.39 is 9.75 Å². The molecule has 0 heterocycles. The van der Waals surface area contributed by atoms with Crippen molar-refractivity contribution in [2.24, 2.45) is 0 Å². The number of rotatable bonds is 24. The second kappa shape index (κ2) is 19.2. The smallest absolute Gasteiger partial charge is 0.140 e. The molecule has 0 saturated heterocycles. The molecule has 0 N–H and O–H groups in total. The van der Waals surface area contributed by atoms with Crippen molar-refractivity contribution in [3.8, 4) is 0 Å². The Morgan fingerprint density at radius 2 is 0.711 bits per heavy atom. The summed E-state index contributed by atoms with van der Waals surface area (Å²) < 4.78 is 2.06. The first-order chi connectivity index (χ1) is 18.1. The van der Waals surface area contributed by atoms with E-state index in [0.29, 0.717) is 0 Å². The highest BCUT2D eigenvalue weighted by Crippen LogP contribution is 2.44. The number of halogens is 2. The highest BCUT2D eigenvalue weighted by Gasteiger charge is 2.55. The molecular weight excluding hydrogens is 507 g/mol. The van der Waals surface area contributed by atoms with E-state index in [2.05, 4.69) is 66.1 Å². The molecule has 0 spiro atoms. The fraction of sp³-hybridized carbons (Fsp3) is 0.882. The number of hydrogen-bond acceptors (Lipinski definition) is 0. The fourth-order valence-corrected chi connectivity index (χ4v) is 7.36. The second-order valence-corrected chi connectivity index (χ2v) is 14.5. The van der Waals surface area contributed by atoms with Gasteiger partial charge < -0.3 is 8.97 Å². The Balaban J connectivity index is 3.13. The number of nitrogens with zero attached hydrogens (tertiary/aromatic N) is 2. The topological polar surface area (TPSA) is 0 Å². The van der Waals surface area contributed by atoms with Crippen LogP contribution in [0.5, 0.6) is 0 Å². The first kappa shape index (κ1) is 36.0. The Labute approximate surface area is 249 Å². The van der Waals surface area contributed by atoms with Crippen molar-refractivity contribution in [3.05, 3.63) is 24.3 Å². The quantitative estimate of drug-likeness (QED) is 0.0612. The summed E-state index contributed by atoms with van der Waals surface area (Å²) in [6.45, 7) is 15.8. The molecule has 0 aliphatic heterocycles. The molecule has 224 valence electrons. The van der Waals surface area contributed by atoms with Crippen LogP contribution in [0.4, 0.5) is 0 Å². The van der Waals surface area contributed by atoms with Gasteiger partial charge in [0, 0.05) is 0 Å². The van der Waals surface area contributed by atoms with Crippen LogP contribution in [-0.4, -0.2) is 72.1 Å². The number of alkyl halides is 2. The van der Waals surface area contributed by atoms with Crippen LogP contribution in [-0.2, 0) is 0 Å². The van der Waals surface area contributed by atoms with Crippen LogP contribution in [0.3, 0.4) is 0 Å². The molecular formula is C34H66Cl2N2+2. The molecule has 2 nitrogen and oxygen atoms in total. The van der Waals surface area contributed by atoms with Gasteiger partial charge in [-0.2, -0.15) is 0 Å². The lowest BCUT2D eigenvalue weighted by Gasteiger charge is -2.49. The minimum Gasteiger partial charge on any atom is -0.324 e. The molecule has 0 aromatic carbocycles. The molecule has 0 aromatic heterocycles. The van der Waals surface area contributed by atoms with Gasteiger partial charge in [0.25, 0.3) is 0 Å². The van der Waals surface area contributed by atoms with Crippen LogP contribution >= 0.6 is 23.2 Å². The fourth-order valence-electron chi connectivity index (χ4n) is 6.39. The van der Waals surface area contributed by atoms with Gasteiger partial charge >= 0.3 is 0 Å². The Bertz CT molecular complexity index is 581. The zero-order valence-corrected chi connectivity index (χ0v) is 28.0. The van der Waals surface area contributed by atoms with Crippen molar-refractivity contribution < 1.29 is 8.97 Å². The van der Waals surface area contributed by atoms with Crippen LogP contribution in [0, 0.1) is 0 Å². The summed E-state index contributed by atoms with van der Waals surface area (Å²) in [4.78, 5) is -1.14. The minimum absolute atomic E-state index is 0.570. The first-order valence-corrected chi connectivity index (χ1v) is 17.3. The molecule has 0 aromatic rings. The summed E-state index contributed by atoms with van der Waals surface area (Å²) in [5.41, 5.74) is 0. The molecule has 0 radical (unpaired) electrons. The third kappa shape index (κ3) is 13.1. The van der Waals surface area contributed by atoms with Gasteiger partial charge in [-0.25, -0.2) is 0 Å². The minimum atomic E-state index is -0.570. The van der Waals surface area contributed by atoms with E-state index in [-0.39, 0.29) is 0 Å². The van der Waals surface area contributed by atoms with Crippen LogP contribution < -0.4 is 0 Å². The lowest BCUT2D eigenvalue weighted by atomic mass is 9.83. The average Bonchev–Trinajstić information content (AvgIpc) is 2.87. The highest BCUT2D eigenvalue weighted by molar-refractivity contribution is 6.37. The average molecular weight is 574 g/mol. The van der Waals surface area contributed by atoms with E-state index in [4.69, 9.17) is 23.2 Å². The van der Waals surface area contributed by atoms with Crippen molar-refractivity contribution >= 4 is 23.2 Å². The van der Waals surface area contributed by atoms with Crippen LogP contribution in [0.1, 0.15) is 130 Å². The number of quaternary nitrogens is 2. The maximum atomic E-state index is 7.72. The van der Waals surface area contributed by atoms with Crippen LogP contribution in [0.2, 0.25) is 0 Å². The van der Waals surface area contributed by atoms with E-state index in [1.54, 1.807) is 0 Å². The third-order valence-electron chi connectivity index (χ3n) is 8.95. The van der Waals surface area contributed by atoms with Gasteiger partial charge in [0.05, 0.1) is 40.3 Å². The van der Waals surface area contributed by atoms with Crippen molar-refractivity contribution in [1.29, 1.82) is 0 Å². The normalized spacial score (nSPS) is 21.9. The molecule has 2 atom stereocenters. The molecule has 4 heteroatoms. The van der Waals surface area contributed by atoms with Gasteiger partial charge in [0.1, 0.15) is 22.8 Å². The van der Waals surface area contributed by atoms with Gasteiger partial charge in [-0.15, -0.1) is 23.2 Å². The van der Waals surface area contributed by atoms with E-state index in [1.165, 1.54) is 129 Å². The van der Waals surface area contributed by atoms with E-state index in [9.17, 15) is 0 Å². The van der Waals surface area contributed by atoms with Crippen molar-refractivity contribution in [2.75, 3.05) is 53.4 Å². The molecule has 2 unspecified atom stereocenters. The maximum Gasteiger partial charge on any atom is 0.140 e. The Morgan fingerprint density at radius 3 is 0.947 bits per heavy atom.